The van der Waals surface area contributed by atoms with Crippen molar-refractivity contribution in [1.29, 1.82) is 0 Å². The van der Waals surface area contributed by atoms with Crippen LogP contribution in [0.5, 0.6) is 0 Å². The highest BCUT2D eigenvalue weighted by Crippen LogP contribution is 2.28. The first kappa shape index (κ1) is 10.8. The van der Waals surface area contributed by atoms with Crippen LogP contribution < -0.4 is 5.32 Å². The van der Waals surface area contributed by atoms with E-state index in [0.29, 0.717) is 12.1 Å². The van der Waals surface area contributed by atoms with Crippen molar-refractivity contribution in [1.82, 2.24) is 5.32 Å². The van der Waals surface area contributed by atoms with E-state index in [1.54, 1.807) is 0 Å². The van der Waals surface area contributed by atoms with E-state index >= 15 is 0 Å². The van der Waals surface area contributed by atoms with Crippen molar-refractivity contribution in [2.75, 3.05) is 5.75 Å². The molecule has 0 aromatic carbocycles. The molecule has 1 aliphatic heterocycles. The second-order valence-corrected chi connectivity index (χ2v) is 6.17. The van der Waals surface area contributed by atoms with Gasteiger partial charge in [0.25, 0.3) is 0 Å². The van der Waals surface area contributed by atoms with Crippen LogP contribution in [0.15, 0.2) is 0 Å². The molecule has 1 saturated heterocycles. The zero-order valence-electron chi connectivity index (χ0n) is 8.91. The van der Waals surface area contributed by atoms with Crippen LogP contribution in [0.4, 0.5) is 0 Å². The highest BCUT2D eigenvalue weighted by atomic mass is 32.2. The van der Waals surface area contributed by atoms with Gasteiger partial charge in [0, 0.05) is 23.1 Å². The molecule has 2 fully saturated rings. The number of nitrogens with one attached hydrogen (secondary N) is 1. The minimum atomic E-state index is -0.0929. The van der Waals surface area contributed by atoms with Gasteiger partial charge in [-0.25, -0.2) is 0 Å². The van der Waals surface area contributed by atoms with Crippen molar-refractivity contribution in [2.24, 2.45) is 0 Å². The second kappa shape index (κ2) is 4.86. The first-order chi connectivity index (χ1) is 6.75. The van der Waals surface area contributed by atoms with Crippen LogP contribution in [0.3, 0.4) is 0 Å². The molecule has 0 aromatic heterocycles. The van der Waals surface area contributed by atoms with Crippen LogP contribution in [0, 0.1) is 0 Å². The predicted octanol–water partition coefficient (Wildman–Crippen LogP) is 1.77. The smallest absolute Gasteiger partial charge is 0.0693 e. The van der Waals surface area contributed by atoms with E-state index in [4.69, 9.17) is 0 Å². The minimum Gasteiger partial charge on any atom is -0.392 e. The third kappa shape index (κ3) is 2.65. The normalized spacial score (nSPS) is 44.1. The molecule has 1 aliphatic carbocycles. The summed E-state index contributed by atoms with van der Waals surface area (Å²) in [4.78, 5) is 0. The van der Waals surface area contributed by atoms with Gasteiger partial charge < -0.3 is 10.4 Å². The summed E-state index contributed by atoms with van der Waals surface area (Å²) in [5.41, 5.74) is 0. The van der Waals surface area contributed by atoms with Crippen molar-refractivity contribution in [3.8, 4) is 0 Å². The summed E-state index contributed by atoms with van der Waals surface area (Å²) in [6.07, 6.45) is 5.82. The summed E-state index contributed by atoms with van der Waals surface area (Å²) in [7, 11) is 0. The Kier molecular flexibility index (Phi) is 3.74. The molecule has 2 nitrogen and oxygen atoms in total. The Morgan fingerprint density at radius 2 is 2.07 bits per heavy atom. The van der Waals surface area contributed by atoms with Crippen LogP contribution in [-0.2, 0) is 0 Å². The lowest BCUT2D eigenvalue weighted by atomic mass is 9.92. The van der Waals surface area contributed by atoms with Crippen LogP contribution in [-0.4, -0.2) is 34.3 Å². The zero-order valence-corrected chi connectivity index (χ0v) is 9.72. The lowest BCUT2D eigenvalue weighted by Gasteiger charge is -2.30. The van der Waals surface area contributed by atoms with E-state index in [-0.39, 0.29) is 6.10 Å². The van der Waals surface area contributed by atoms with E-state index in [1.165, 1.54) is 25.0 Å². The SMILES string of the molecule is CC1CC(N[C@H]2CCCC[C@@H]2O)CS1. The summed E-state index contributed by atoms with van der Waals surface area (Å²) in [5.74, 6) is 1.23. The minimum absolute atomic E-state index is 0.0929. The molecule has 2 aliphatic rings. The maximum Gasteiger partial charge on any atom is 0.0693 e. The third-order valence-corrected chi connectivity index (χ3v) is 4.73. The van der Waals surface area contributed by atoms with Crippen molar-refractivity contribution in [3.63, 3.8) is 0 Å². The van der Waals surface area contributed by atoms with Gasteiger partial charge in [-0.3, -0.25) is 0 Å². The number of aliphatic hydroxyl groups excluding tert-OH is 1. The van der Waals surface area contributed by atoms with E-state index in [1.807, 2.05) is 0 Å². The molecular formula is C11H21NOS. The van der Waals surface area contributed by atoms with Gasteiger partial charge in [0.2, 0.25) is 0 Å². The fourth-order valence-corrected chi connectivity index (χ4v) is 3.70. The van der Waals surface area contributed by atoms with Crippen molar-refractivity contribution in [3.05, 3.63) is 0 Å². The third-order valence-electron chi connectivity index (χ3n) is 3.38. The molecule has 2 rings (SSSR count). The molecule has 2 unspecified atom stereocenters. The topological polar surface area (TPSA) is 32.3 Å². The number of thioether (sulfide) groups is 1. The Morgan fingerprint density at radius 1 is 1.29 bits per heavy atom. The predicted molar refractivity (Wildman–Crippen MR) is 61.7 cm³/mol. The highest BCUT2D eigenvalue weighted by molar-refractivity contribution is 8.00. The Morgan fingerprint density at radius 3 is 2.71 bits per heavy atom. The van der Waals surface area contributed by atoms with Gasteiger partial charge in [0.1, 0.15) is 0 Å². The van der Waals surface area contributed by atoms with Crippen molar-refractivity contribution >= 4 is 11.8 Å². The van der Waals surface area contributed by atoms with E-state index < -0.39 is 0 Å². The number of aliphatic hydroxyl groups is 1. The summed E-state index contributed by atoms with van der Waals surface area (Å²) in [6, 6.07) is 1.02. The van der Waals surface area contributed by atoms with Crippen molar-refractivity contribution < 1.29 is 5.11 Å². The average molecular weight is 215 g/mol. The Balaban J connectivity index is 1.78. The van der Waals surface area contributed by atoms with E-state index in [0.717, 1.165) is 18.1 Å². The average Bonchev–Trinajstić information content (AvgIpc) is 2.56. The molecule has 0 aromatic rings. The molecule has 14 heavy (non-hydrogen) atoms. The maximum absolute atomic E-state index is 9.83. The Hall–Kier alpha value is 0.270. The van der Waals surface area contributed by atoms with Gasteiger partial charge in [-0.2, -0.15) is 11.8 Å². The van der Waals surface area contributed by atoms with Gasteiger partial charge in [0.15, 0.2) is 0 Å². The van der Waals surface area contributed by atoms with Gasteiger partial charge in [-0.1, -0.05) is 19.8 Å². The fourth-order valence-electron chi connectivity index (χ4n) is 2.54. The molecule has 2 N–H and O–H groups in total. The zero-order chi connectivity index (χ0) is 9.97. The standard InChI is InChI=1S/C11H21NOS/c1-8-6-9(7-14-8)12-10-4-2-3-5-11(10)13/h8-13H,2-7H2,1H3/t8?,9?,10-,11-/m0/s1. The summed E-state index contributed by atoms with van der Waals surface area (Å²) in [5, 5.41) is 14.3. The van der Waals surface area contributed by atoms with Gasteiger partial charge in [-0.05, 0) is 19.3 Å². The first-order valence-electron chi connectivity index (χ1n) is 5.81. The highest BCUT2D eigenvalue weighted by Gasteiger charge is 2.28. The summed E-state index contributed by atoms with van der Waals surface area (Å²) in [6.45, 7) is 2.30. The molecule has 82 valence electrons. The maximum atomic E-state index is 9.83. The molecule has 0 bridgehead atoms. The van der Waals surface area contributed by atoms with Crippen LogP contribution in [0.25, 0.3) is 0 Å². The largest absolute Gasteiger partial charge is 0.392 e. The van der Waals surface area contributed by atoms with Crippen molar-refractivity contribution in [2.45, 2.75) is 62.5 Å². The lowest BCUT2D eigenvalue weighted by Crippen LogP contribution is -2.47. The van der Waals surface area contributed by atoms with Crippen LogP contribution >= 0.6 is 11.8 Å². The van der Waals surface area contributed by atoms with E-state index in [9.17, 15) is 5.11 Å². The molecular weight excluding hydrogens is 194 g/mol. The molecule has 0 spiro atoms. The van der Waals surface area contributed by atoms with Gasteiger partial charge in [0.05, 0.1) is 6.10 Å². The Labute approximate surface area is 90.8 Å². The molecule has 4 atom stereocenters. The molecule has 0 radical (unpaired) electrons. The van der Waals surface area contributed by atoms with E-state index in [2.05, 4.69) is 24.0 Å². The lowest BCUT2D eigenvalue weighted by molar-refractivity contribution is 0.0861. The quantitative estimate of drug-likeness (QED) is 0.736. The first-order valence-corrected chi connectivity index (χ1v) is 6.86. The Bertz CT molecular complexity index is 188. The second-order valence-electron chi connectivity index (χ2n) is 4.70. The van der Waals surface area contributed by atoms with Crippen LogP contribution in [0.2, 0.25) is 0 Å². The summed E-state index contributed by atoms with van der Waals surface area (Å²) < 4.78 is 0. The molecule has 1 saturated carbocycles. The summed E-state index contributed by atoms with van der Waals surface area (Å²) >= 11 is 2.05. The molecule has 3 heteroatoms. The molecule has 0 amide bonds. The number of hydrogen-bond acceptors (Lipinski definition) is 3. The fraction of sp³-hybridized carbons (Fsp3) is 1.00. The molecule has 1 heterocycles. The van der Waals surface area contributed by atoms with Gasteiger partial charge >= 0.3 is 0 Å². The number of hydrogen-bond donors (Lipinski definition) is 2. The van der Waals surface area contributed by atoms with Gasteiger partial charge in [-0.15, -0.1) is 0 Å². The number of rotatable bonds is 2. The van der Waals surface area contributed by atoms with Crippen LogP contribution in [0.1, 0.15) is 39.0 Å². The monoisotopic (exact) mass is 215 g/mol.